The van der Waals surface area contributed by atoms with Gasteiger partial charge >= 0.3 is 0 Å². The van der Waals surface area contributed by atoms with Crippen molar-refractivity contribution in [2.24, 2.45) is 0 Å². The number of aromatic nitrogens is 1. The van der Waals surface area contributed by atoms with Gasteiger partial charge in [0, 0.05) is 22.0 Å². The molecule has 0 aliphatic carbocycles. The van der Waals surface area contributed by atoms with E-state index in [1.807, 2.05) is 23.6 Å². The van der Waals surface area contributed by atoms with Crippen LogP contribution in [-0.2, 0) is 0 Å². The Labute approximate surface area is 129 Å². The molecular weight excluding hydrogens is 276 g/mol. The van der Waals surface area contributed by atoms with Crippen LogP contribution >= 0.6 is 11.3 Å². The summed E-state index contributed by atoms with van der Waals surface area (Å²) in [6.07, 6.45) is 3.00. The lowest BCUT2D eigenvalue weighted by molar-refractivity contribution is 0.606. The summed E-state index contributed by atoms with van der Waals surface area (Å²) in [4.78, 5) is 6.00. The Hall–Kier alpha value is -1.71. The van der Waals surface area contributed by atoms with E-state index < -0.39 is 0 Å². The Morgan fingerprint density at radius 3 is 2.81 bits per heavy atom. The first-order valence-corrected chi connectivity index (χ1v) is 8.30. The number of rotatable bonds is 5. The van der Waals surface area contributed by atoms with Crippen molar-refractivity contribution in [1.29, 1.82) is 0 Å². The first-order valence-electron chi connectivity index (χ1n) is 7.42. The normalized spacial score (nSPS) is 12.7. The lowest BCUT2D eigenvalue weighted by Gasteiger charge is -2.20. The number of aryl methyl sites for hydroxylation is 1. The van der Waals surface area contributed by atoms with E-state index in [0.717, 1.165) is 18.5 Å². The summed E-state index contributed by atoms with van der Waals surface area (Å²) in [5.74, 6) is 0. The molecule has 0 aliphatic rings. The van der Waals surface area contributed by atoms with Crippen molar-refractivity contribution in [2.45, 2.75) is 26.3 Å². The summed E-state index contributed by atoms with van der Waals surface area (Å²) in [6.45, 7) is 5.39. The first-order chi connectivity index (χ1) is 10.3. The van der Waals surface area contributed by atoms with E-state index in [-0.39, 0.29) is 6.04 Å². The van der Waals surface area contributed by atoms with Crippen molar-refractivity contribution in [2.75, 3.05) is 6.54 Å². The van der Waals surface area contributed by atoms with Crippen LogP contribution in [0.1, 0.15) is 35.4 Å². The van der Waals surface area contributed by atoms with Gasteiger partial charge in [0.2, 0.25) is 0 Å². The zero-order valence-electron chi connectivity index (χ0n) is 12.5. The number of hydrogen-bond acceptors (Lipinski definition) is 3. The number of hydrogen-bond donors (Lipinski definition) is 1. The van der Waals surface area contributed by atoms with Crippen LogP contribution in [0.5, 0.6) is 0 Å². The molecule has 1 atom stereocenters. The number of fused-ring (bicyclic) bond motifs is 1. The zero-order chi connectivity index (χ0) is 14.7. The molecule has 2 nitrogen and oxygen atoms in total. The molecule has 0 saturated heterocycles. The van der Waals surface area contributed by atoms with Gasteiger partial charge in [-0.25, -0.2) is 0 Å². The molecule has 21 heavy (non-hydrogen) atoms. The smallest absolute Gasteiger partial charge is 0.0753 e. The quantitative estimate of drug-likeness (QED) is 0.738. The molecule has 3 heteroatoms. The molecule has 0 bridgehead atoms. The van der Waals surface area contributed by atoms with E-state index in [2.05, 4.69) is 59.9 Å². The van der Waals surface area contributed by atoms with Crippen LogP contribution in [0.3, 0.4) is 0 Å². The van der Waals surface area contributed by atoms with Gasteiger partial charge in [0.1, 0.15) is 0 Å². The summed E-state index contributed by atoms with van der Waals surface area (Å²) in [7, 11) is 0. The van der Waals surface area contributed by atoms with Crippen molar-refractivity contribution < 1.29 is 0 Å². The number of pyridine rings is 1. The third-order valence-electron chi connectivity index (χ3n) is 3.74. The van der Waals surface area contributed by atoms with Gasteiger partial charge in [-0.05, 0) is 43.0 Å². The number of thiophene rings is 1. The monoisotopic (exact) mass is 296 g/mol. The number of para-hydroxylation sites is 1. The Bertz CT molecular complexity index is 727. The van der Waals surface area contributed by atoms with Crippen molar-refractivity contribution >= 4 is 22.2 Å². The number of nitrogens with one attached hydrogen (secondary N) is 1. The second-order valence-corrected chi connectivity index (χ2v) is 6.23. The van der Waals surface area contributed by atoms with Crippen LogP contribution in [-0.4, -0.2) is 11.5 Å². The van der Waals surface area contributed by atoms with E-state index in [1.54, 1.807) is 0 Å². The fraction of sp³-hybridized carbons (Fsp3) is 0.278. The molecule has 0 radical (unpaired) electrons. The predicted molar refractivity (Wildman–Crippen MR) is 90.9 cm³/mol. The SMILES string of the molecule is CCCNC(c1sccc1C)c1cccc2cccnc12. The maximum absolute atomic E-state index is 4.61. The molecule has 0 amide bonds. The van der Waals surface area contributed by atoms with Gasteiger partial charge in [0.15, 0.2) is 0 Å². The van der Waals surface area contributed by atoms with E-state index in [4.69, 9.17) is 0 Å². The summed E-state index contributed by atoms with van der Waals surface area (Å²) < 4.78 is 0. The lowest BCUT2D eigenvalue weighted by Crippen LogP contribution is -2.23. The van der Waals surface area contributed by atoms with Gasteiger partial charge in [-0.15, -0.1) is 11.3 Å². The van der Waals surface area contributed by atoms with Gasteiger partial charge in [-0.3, -0.25) is 4.98 Å². The summed E-state index contributed by atoms with van der Waals surface area (Å²) in [6, 6.07) is 13.0. The average Bonchev–Trinajstić information content (AvgIpc) is 2.94. The Balaban J connectivity index is 2.12. The Kier molecular flexibility index (Phi) is 4.32. The van der Waals surface area contributed by atoms with Gasteiger partial charge in [-0.1, -0.05) is 31.2 Å². The largest absolute Gasteiger partial charge is 0.306 e. The van der Waals surface area contributed by atoms with Crippen molar-refractivity contribution in [3.8, 4) is 0 Å². The molecule has 0 fully saturated rings. The van der Waals surface area contributed by atoms with Crippen LogP contribution < -0.4 is 5.32 Å². The minimum Gasteiger partial charge on any atom is -0.306 e. The van der Waals surface area contributed by atoms with Crippen LogP contribution in [0, 0.1) is 6.92 Å². The fourth-order valence-corrected chi connectivity index (χ4v) is 3.69. The minimum absolute atomic E-state index is 0.226. The lowest BCUT2D eigenvalue weighted by atomic mass is 9.99. The molecule has 2 heterocycles. The van der Waals surface area contributed by atoms with Gasteiger partial charge < -0.3 is 5.32 Å². The molecule has 2 aromatic heterocycles. The maximum atomic E-state index is 4.61. The molecule has 3 rings (SSSR count). The Morgan fingerprint density at radius 1 is 1.19 bits per heavy atom. The van der Waals surface area contributed by atoms with Crippen molar-refractivity contribution in [3.05, 3.63) is 64.0 Å². The standard InChI is InChI=1S/C18H20N2S/c1-3-10-19-17(18-13(2)9-12-21-18)15-8-4-6-14-7-5-11-20-16(14)15/h4-9,11-12,17,19H,3,10H2,1-2H3. The molecule has 108 valence electrons. The first kappa shape index (κ1) is 14.2. The number of benzene rings is 1. The van der Waals surface area contributed by atoms with Crippen LogP contribution in [0.2, 0.25) is 0 Å². The highest BCUT2D eigenvalue weighted by Crippen LogP contribution is 2.32. The minimum atomic E-state index is 0.226. The summed E-state index contributed by atoms with van der Waals surface area (Å²) >= 11 is 1.82. The molecule has 0 saturated carbocycles. The summed E-state index contributed by atoms with van der Waals surface area (Å²) in [5, 5.41) is 7.06. The highest BCUT2D eigenvalue weighted by molar-refractivity contribution is 7.10. The maximum Gasteiger partial charge on any atom is 0.0753 e. The second-order valence-electron chi connectivity index (χ2n) is 5.28. The van der Waals surface area contributed by atoms with Crippen LogP contribution in [0.25, 0.3) is 10.9 Å². The topological polar surface area (TPSA) is 24.9 Å². The third kappa shape index (κ3) is 2.85. The average molecular weight is 296 g/mol. The molecule has 0 aliphatic heterocycles. The van der Waals surface area contributed by atoms with Crippen LogP contribution in [0.4, 0.5) is 0 Å². The summed E-state index contributed by atoms with van der Waals surface area (Å²) in [5.41, 5.74) is 3.72. The van der Waals surface area contributed by atoms with Crippen LogP contribution in [0.15, 0.2) is 48.0 Å². The molecular formula is C18H20N2S. The second kappa shape index (κ2) is 6.37. The van der Waals surface area contributed by atoms with E-state index >= 15 is 0 Å². The van der Waals surface area contributed by atoms with Crippen molar-refractivity contribution in [3.63, 3.8) is 0 Å². The van der Waals surface area contributed by atoms with E-state index in [1.165, 1.54) is 21.4 Å². The predicted octanol–water partition coefficient (Wildman–Crippen LogP) is 4.69. The Morgan fingerprint density at radius 2 is 2.05 bits per heavy atom. The highest BCUT2D eigenvalue weighted by atomic mass is 32.1. The molecule has 3 aromatic rings. The highest BCUT2D eigenvalue weighted by Gasteiger charge is 2.19. The van der Waals surface area contributed by atoms with Gasteiger partial charge in [0.25, 0.3) is 0 Å². The number of nitrogens with zero attached hydrogens (tertiary/aromatic N) is 1. The third-order valence-corrected chi connectivity index (χ3v) is 4.82. The van der Waals surface area contributed by atoms with Gasteiger partial charge in [0.05, 0.1) is 11.6 Å². The van der Waals surface area contributed by atoms with E-state index in [0.29, 0.717) is 0 Å². The van der Waals surface area contributed by atoms with E-state index in [9.17, 15) is 0 Å². The van der Waals surface area contributed by atoms with Gasteiger partial charge in [-0.2, -0.15) is 0 Å². The van der Waals surface area contributed by atoms with Crippen molar-refractivity contribution in [1.82, 2.24) is 10.3 Å². The fourth-order valence-electron chi connectivity index (χ4n) is 2.67. The zero-order valence-corrected chi connectivity index (χ0v) is 13.3. The molecule has 1 aromatic carbocycles. The molecule has 1 N–H and O–H groups in total. The molecule has 0 spiro atoms. The molecule has 1 unspecified atom stereocenters.